The highest BCUT2D eigenvalue weighted by atomic mass is 35.5. The summed E-state index contributed by atoms with van der Waals surface area (Å²) in [5.74, 6) is -0.778. The number of ether oxygens (including phenoxy) is 1. The Morgan fingerprint density at radius 1 is 1.24 bits per heavy atom. The van der Waals surface area contributed by atoms with Crippen LogP contribution in [-0.4, -0.2) is 48.4 Å². The highest BCUT2D eigenvalue weighted by Crippen LogP contribution is 2.32. The van der Waals surface area contributed by atoms with Crippen LogP contribution < -0.4 is 4.90 Å². The van der Waals surface area contributed by atoms with E-state index in [-0.39, 0.29) is 30.1 Å². The van der Waals surface area contributed by atoms with Crippen LogP contribution >= 0.6 is 11.6 Å². The molecule has 6 nitrogen and oxygen atoms in total. The molecule has 25 heavy (non-hydrogen) atoms. The van der Waals surface area contributed by atoms with Crippen molar-refractivity contribution in [3.05, 3.63) is 29.3 Å². The summed E-state index contributed by atoms with van der Waals surface area (Å²) in [6, 6.07) is 6.37. The van der Waals surface area contributed by atoms with Gasteiger partial charge in [0.25, 0.3) is 5.91 Å². The summed E-state index contributed by atoms with van der Waals surface area (Å²) >= 11 is 6.14. The van der Waals surface area contributed by atoms with Crippen molar-refractivity contribution in [3.8, 4) is 0 Å². The highest BCUT2D eigenvalue weighted by molar-refractivity contribution is 6.36. The molecule has 0 unspecified atom stereocenters. The number of hydrogen-bond acceptors (Lipinski definition) is 5. The summed E-state index contributed by atoms with van der Waals surface area (Å²) in [6.07, 6.45) is 1.43. The van der Waals surface area contributed by atoms with Crippen LogP contribution in [0.4, 0.5) is 5.69 Å². The Bertz CT molecular complexity index is 685. The van der Waals surface area contributed by atoms with E-state index in [1.807, 2.05) is 4.90 Å². The zero-order chi connectivity index (χ0) is 18.0. The summed E-state index contributed by atoms with van der Waals surface area (Å²) < 4.78 is 5.07. The van der Waals surface area contributed by atoms with Crippen LogP contribution in [0.1, 0.15) is 26.2 Å². The number of benzene rings is 1. The van der Waals surface area contributed by atoms with Crippen molar-refractivity contribution in [1.29, 1.82) is 0 Å². The second kappa shape index (κ2) is 7.54. The van der Waals surface area contributed by atoms with Gasteiger partial charge in [-0.05, 0) is 45.0 Å². The zero-order valence-corrected chi connectivity index (χ0v) is 14.9. The minimum Gasteiger partial charge on any atom is -0.466 e. The van der Waals surface area contributed by atoms with Crippen molar-refractivity contribution in [1.82, 2.24) is 4.90 Å². The van der Waals surface area contributed by atoms with Crippen molar-refractivity contribution in [2.45, 2.75) is 32.2 Å². The number of nitrogens with zero attached hydrogens (tertiary/aromatic N) is 2. The molecule has 1 aromatic rings. The number of piperidine rings is 1. The van der Waals surface area contributed by atoms with Crippen molar-refractivity contribution >= 4 is 35.1 Å². The van der Waals surface area contributed by atoms with E-state index in [4.69, 9.17) is 16.3 Å². The minimum atomic E-state index is -0.480. The van der Waals surface area contributed by atoms with Crippen LogP contribution in [0.15, 0.2) is 24.3 Å². The maximum absolute atomic E-state index is 12.8. The lowest BCUT2D eigenvalue weighted by Crippen LogP contribution is -2.47. The van der Waals surface area contributed by atoms with Gasteiger partial charge in [-0.2, -0.15) is 0 Å². The molecule has 0 bridgehead atoms. The lowest BCUT2D eigenvalue weighted by molar-refractivity contribution is -0.149. The van der Waals surface area contributed by atoms with E-state index in [1.165, 1.54) is 4.90 Å². The number of para-hydroxylation sites is 1. The first-order valence-electron chi connectivity index (χ1n) is 8.55. The van der Waals surface area contributed by atoms with Gasteiger partial charge in [0.2, 0.25) is 5.91 Å². The Hall–Kier alpha value is -1.92. The topological polar surface area (TPSA) is 66.9 Å². The second-order valence-electron chi connectivity index (χ2n) is 6.30. The smallest absolute Gasteiger partial charge is 0.309 e. The van der Waals surface area contributed by atoms with Gasteiger partial charge in [-0.15, -0.1) is 0 Å². The third-order valence-electron chi connectivity index (χ3n) is 4.81. The van der Waals surface area contributed by atoms with E-state index in [0.717, 1.165) is 0 Å². The monoisotopic (exact) mass is 364 g/mol. The van der Waals surface area contributed by atoms with E-state index >= 15 is 0 Å². The van der Waals surface area contributed by atoms with Crippen molar-refractivity contribution in [3.63, 3.8) is 0 Å². The van der Waals surface area contributed by atoms with Gasteiger partial charge in [0.15, 0.2) is 0 Å². The van der Waals surface area contributed by atoms with E-state index in [0.29, 0.717) is 43.2 Å². The van der Waals surface area contributed by atoms with Crippen molar-refractivity contribution in [2.75, 3.05) is 24.6 Å². The molecular formula is C18H21ClN2O4. The van der Waals surface area contributed by atoms with Crippen molar-refractivity contribution < 1.29 is 19.1 Å². The molecule has 134 valence electrons. The Kier molecular flexibility index (Phi) is 5.39. The molecule has 0 aliphatic carbocycles. The highest BCUT2D eigenvalue weighted by Gasteiger charge is 2.44. The zero-order valence-electron chi connectivity index (χ0n) is 14.1. The molecule has 0 N–H and O–H groups in total. The number of esters is 1. The third-order valence-corrected chi connectivity index (χ3v) is 5.13. The quantitative estimate of drug-likeness (QED) is 0.605. The molecule has 0 spiro atoms. The average Bonchev–Trinajstić information content (AvgIpc) is 2.90. The van der Waals surface area contributed by atoms with Gasteiger partial charge in [0.1, 0.15) is 0 Å². The number of hydrogen-bond donors (Lipinski definition) is 0. The second-order valence-corrected chi connectivity index (χ2v) is 6.71. The Labute approximate surface area is 151 Å². The Balaban J connectivity index is 1.67. The fraction of sp³-hybridized carbons (Fsp3) is 0.500. The molecule has 0 aromatic heterocycles. The maximum atomic E-state index is 12.8. The fourth-order valence-electron chi connectivity index (χ4n) is 3.49. The van der Waals surface area contributed by atoms with Gasteiger partial charge in [-0.25, -0.2) is 4.90 Å². The first kappa shape index (κ1) is 17.9. The van der Waals surface area contributed by atoms with Crippen LogP contribution in [0.3, 0.4) is 0 Å². The lowest BCUT2D eigenvalue weighted by Gasteiger charge is -2.33. The number of imide groups is 1. The molecule has 1 atom stereocenters. The minimum absolute atomic E-state index is 0.122. The molecule has 2 aliphatic rings. The molecule has 2 heterocycles. The molecule has 2 amide bonds. The van der Waals surface area contributed by atoms with Gasteiger partial charge in [-0.3, -0.25) is 19.3 Å². The number of halogens is 1. The summed E-state index contributed by atoms with van der Waals surface area (Å²) in [6.45, 7) is 3.37. The number of rotatable bonds is 4. The maximum Gasteiger partial charge on any atom is 0.309 e. The predicted molar refractivity (Wildman–Crippen MR) is 93.3 cm³/mol. The average molecular weight is 365 g/mol. The number of carbonyl (C=O) groups excluding carboxylic acids is 3. The Morgan fingerprint density at radius 3 is 2.56 bits per heavy atom. The summed E-state index contributed by atoms with van der Waals surface area (Å²) in [7, 11) is 0. The standard InChI is InChI=1S/C18H21ClN2O4/c1-2-25-18(24)12-7-9-20(10-8-12)15-11-16(22)21(17(15)23)14-6-4-3-5-13(14)19/h3-6,12,15H,2,7-11H2,1H3/t15-/m1/s1. The molecule has 7 heteroatoms. The SMILES string of the molecule is CCOC(=O)C1CCN([C@@H]2CC(=O)N(c3ccccc3Cl)C2=O)CC1. The molecule has 2 aliphatic heterocycles. The molecule has 1 aromatic carbocycles. The molecular weight excluding hydrogens is 344 g/mol. The third kappa shape index (κ3) is 3.55. The van der Waals surface area contributed by atoms with E-state index < -0.39 is 6.04 Å². The summed E-state index contributed by atoms with van der Waals surface area (Å²) in [5, 5.41) is 0.380. The van der Waals surface area contributed by atoms with Crippen molar-refractivity contribution in [2.24, 2.45) is 5.92 Å². The molecule has 2 fully saturated rings. The first-order valence-corrected chi connectivity index (χ1v) is 8.92. The van der Waals surface area contributed by atoms with Gasteiger partial charge in [0.05, 0.1) is 35.7 Å². The molecule has 3 rings (SSSR count). The van der Waals surface area contributed by atoms with E-state index in [1.54, 1.807) is 31.2 Å². The van der Waals surface area contributed by atoms with Crippen LogP contribution in [-0.2, 0) is 19.1 Å². The van der Waals surface area contributed by atoms with Gasteiger partial charge < -0.3 is 4.74 Å². The van der Waals surface area contributed by atoms with Crippen LogP contribution in [0.2, 0.25) is 5.02 Å². The summed E-state index contributed by atoms with van der Waals surface area (Å²) in [5.41, 5.74) is 0.433. The molecule has 0 radical (unpaired) electrons. The van der Waals surface area contributed by atoms with Crippen LogP contribution in [0, 0.1) is 5.92 Å². The van der Waals surface area contributed by atoms with Gasteiger partial charge >= 0.3 is 5.97 Å². The number of amides is 2. The van der Waals surface area contributed by atoms with Crippen LogP contribution in [0.5, 0.6) is 0 Å². The van der Waals surface area contributed by atoms with Crippen LogP contribution in [0.25, 0.3) is 0 Å². The van der Waals surface area contributed by atoms with E-state index in [9.17, 15) is 14.4 Å². The van der Waals surface area contributed by atoms with Gasteiger partial charge in [0, 0.05) is 0 Å². The largest absolute Gasteiger partial charge is 0.466 e. The normalized spacial score (nSPS) is 22.5. The molecule has 0 saturated carbocycles. The van der Waals surface area contributed by atoms with E-state index in [2.05, 4.69) is 0 Å². The predicted octanol–water partition coefficient (Wildman–Crippen LogP) is 2.25. The first-order chi connectivity index (χ1) is 12.0. The molecule has 2 saturated heterocycles. The number of anilines is 1. The summed E-state index contributed by atoms with van der Waals surface area (Å²) in [4.78, 5) is 40.2. The number of likely N-dealkylation sites (tertiary alicyclic amines) is 1. The Morgan fingerprint density at radius 2 is 1.92 bits per heavy atom. The number of carbonyl (C=O) groups is 3. The fourth-order valence-corrected chi connectivity index (χ4v) is 3.71. The van der Waals surface area contributed by atoms with Gasteiger partial charge in [-0.1, -0.05) is 23.7 Å². The lowest BCUT2D eigenvalue weighted by atomic mass is 9.95.